The monoisotopic (exact) mass is 334 g/mol. The first-order valence-electron chi connectivity index (χ1n) is 7.49. The number of nitrogens with zero attached hydrogens (tertiary/aromatic N) is 3. The molecule has 7 heteroatoms. The van der Waals surface area contributed by atoms with Gasteiger partial charge in [-0.15, -0.1) is 0 Å². The van der Waals surface area contributed by atoms with Gasteiger partial charge in [0.05, 0.1) is 27.9 Å². The van der Waals surface area contributed by atoms with E-state index in [9.17, 15) is 14.9 Å². The molecule has 25 heavy (non-hydrogen) atoms. The van der Waals surface area contributed by atoms with Crippen LogP contribution in [0, 0.1) is 17.0 Å². The summed E-state index contributed by atoms with van der Waals surface area (Å²) in [5.41, 5.74) is 4.97. The highest BCUT2D eigenvalue weighted by molar-refractivity contribution is 5.99. The summed E-state index contributed by atoms with van der Waals surface area (Å²) < 4.78 is 0. The number of para-hydroxylation sites is 1. The number of nitro benzene ring substituents is 1. The number of rotatable bonds is 4. The van der Waals surface area contributed by atoms with Crippen LogP contribution in [0.4, 0.5) is 5.69 Å². The number of benzene rings is 2. The van der Waals surface area contributed by atoms with Crippen molar-refractivity contribution in [1.29, 1.82) is 0 Å². The second kappa shape index (κ2) is 6.88. The first-order valence-corrected chi connectivity index (χ1v) is 7.49. The number of fused-ring (bicyclic) bond motifs is 1. The lowest BCUT2D eigenvalue weighted by atomic mass is 10.1. The maximum Gasteiger partial charge on any atom is 0.273 e. The Balaban J connectivity index is 1.74. The zero-order chi connectivity index (χ0) is 17.8. The number of aromatic nitrogens is 1. The molecule has 0 aliphatic rings. The predicted octanol–water partition coefficient (Wildman–Crippen LogP) is 3.22. The van der Waals surface area contributed by atoms with Crippen LogP contribution in [0.2, 0.25) is 0 Å². The summed E-state index contributed by atoms with van der Waals surface area (Å²) in [5, 5.41) is 15.4. The molecule has 1 N–H and O–H groups in total. The SMILES string of the molecule is Cc1nc2ccccc2cc1C(=O)N/N=C\c1ccc([N+](=O)[O-])cc1. The summed E-state index contributed by atoms with van der Waals surface area (Å²) in [7, 11) is 0. The highest BCUT2D eigenvalue weighted by Crippen LogP contribution is 2.16. The molecule has 2 aromatic carbocycles. The van der Waals surface area contributed by atoms with Crippen LogP contribution in [0.5, 0.6) is 0 Å². The number of carbonyl (C=O) groups is 1. The van der Waals surface area contributed by atoms with Gasteiger partial charge in [-0.05, 0) is 36.8 Å². The average Bonchev–Trinajstić information content (AvgIpc) is 2.61. The summed E-state index contributed by atoms with van der Waals surface area (Å²) in [6.45, 7) is 1.77. The molecule has 0 atom stereocenters. The third-order valence-corrected chi connectivity index (χ3v) is 3.64. The van der Waals surface area contributed by atoms with Crippen LogP contribution in [0.25, 0.3) is 10.9 Å². The fourth-order valence-electron chi connectivity index (χ4n) is 2.35. The minimum absolute atomic E-state index is 0.000881. The maximum absolute atomic E-state index is 12.3. The Morgan fingerprint density at radius 1 is 1.20 bits per heavy atom. The van der Waals surface area contributed by atoms with E-state index >= 15 is 0 Å². The molecule has 1 heterocycles. The van der Waals surface area contributed by atoms with Gasteiger partial charge in [-0.25, -0.2) is 5.43 Å². The predicted molar refractivity (Wildman–Crippen MR) is 94.6 cm³/mol. The van der Waals surface area contributed by atoms with E-state index in [1.807, 2.05) is 24.3 Å². The average molecular weight is 334 g/mol. The van der Waals surface area contributed by atoms with E-state index in [1.54, 1.807) is 25.1 Å². The Labute approximate surface area is 143 Å². The van der Waals surface area contributed by atoms with E-state index in [0.717, 1.165) is 10.9 Å². The first kappa shape index (κ1) is 16.3. The standard InChI is InChI=1S/C18H14N4O3/c1-12-16(10-14-4-2-3-5-17(14)20-12)18(23)21-19-11-13-6-8-15(9-7-13)22(24)25/h2-11H,1H3,(H,21,23)/b19-11-. The highest BCUT2D eigenvalue weighted by atomic mass is 16.6. The normalized spacial score (nSPS) is 10.9. The van der Waals surface area contributed by atoms with Crippen molar-refractivity contribution in [3.8, 4) is 0 Å². The molecule has 0 radical (unpaired) electrons. The van der Waals surface area contributed by atoms with Gasteiger partial charge in [0.15, 0.2) is 0 Å². The van der Waals surface area contributed by atoms with E-state index in [2.05, 4.69) is 15.5 Å². The van der Waals surface area contributed by atoms with Crippen LogP contribution in [0.3, 0.4) is 0 Å². The number of carbonyl (C=O) groups excluding carboxylic acids is 1. The van der Waals surface area contributed by atoms with Gasteiger partial charge >= 0.3 is 0 Å². The van der Waals surface area contributed by atoms with E-state index in [-0.39, 0.29) is 11.6 Å². The summed E-state index contributed by atoms with van der Waals surface area (Å²) in [5.74, 6) is -0.367. The fourth-order valence-corrected chi connectivity index (χ4v) is 2.35. The molecule has 3 aromatic rings. The van der Waals surface area contributed by atoms with Gasteiger partial charge in [-0.2, -0.15) is 5.10 Å². The minimum atomic E-state index is -0.474. The molecule has 124 valence electrons. The number of hydrazone groups is 1. The van der Waals surface area contributed by atoms with Crippen molar-refractivity contribution in [2.45, 2.75) is 6.92 Å². The lowest BCUT2D eigenvalue weighted by molar-refractivity contribution is -0.384. The summed E-state index contributed by atoms with van der Waals surface area (Å²) in [4.78, 5) is 26.8. The number of aryl methyl sites for hydroxylation is 1. The maximum atomic E-state index is 12.3. The number of hydrogen-bond acceptors (Lipinski definition) is 5. The van der Waals surface area contributed by atoms with Gasteiger partial charge in [0.25, 0.3) is 11.6 Å². The van der Waals surface area contributed by atoms with Crippen LogP contribution < -0.4 is 5.43 Å². The van der Waals surface area contributed by atoms with E-state index in [4.69, 9.17) is 0 Å². The number of amides is 1. The zero-order valence-corrected chi connectivity index (χ0v) is 13.3. The topological polar surface area (TPSA) is 97.5 Å². The van der Waals surface area contributed by atoms with E-state index in [1.165, 1.54) is 18.3 Å². The molecule has 1 aromatic heterocycles. The Kier molecular flexibility index (Phi) is 4.47. The van der Waals surface area contributed by atoms with Crippen molar-refractivity contribution >= 4 is 28.7 Å². The van der Waals surface area contributed by atoms with Crippen molar-refractivity contribution < 1.29 is 9.72 Å². The third-order valence-electron chi connectivity index (χ3n) is 3.64. The van der Waals surface area contributed by atoms with E-state index in [0.29, 0.717) is 16.8 Å². The molecule has 0 saturated carbocycles. The molecule has 0 aliphatic heterocycles. The lowest BCUT2D eigenvalue weighted by Crippen LogP contribution is -2.19. The van der Waals surface area contributed by atoms with Gasteiger partial charge in [-0.1, -0.05) is 18.2 Å². The summed E-state index contributed by atoms with van der Waals surface area (Å²) >= 11 is 0. The van der Waals surface area contributed by atoms with Crippen molar-refractivity contribution in [3.05, 3.63) is 81.5 Å². The Hall–Kier alpha value is -3.61. The zero-order valence-electron chi connectivity index (χ0n) is 13.3. The number of hydrogen-bond donors (Lipinski definition) is 1. The first-order chi connectivity index (χ1) is 12.0. The number of non-ortho nitro benzene ring substituents is 1. The summed E-state index contributed by atoms with van der Waals surface area (Å²) in [6.07, 6.45) is 1.42. The van der Waals surface area contributed by atoms with Crippen molar-refractivity contribution in [2.24, 2.45) is 5.10 Å². The molecule has 0 bridgehead atoms. The second-order valence-corrected chi connectivity index (χ2v) is 5.36. The Morgan fingerprint density at radius 3 is 2.64 bits per heavy atom. The fraction of sp³-hybridized carbons (Fsp3) is 0.0556. The summed E-state index contributed by atoms with van der Waals surface area (Å²) in [6, 6.07) is 15.2. The van der Waals surface area contributed by atoms with E-state index < -0.39 is 4.92 Å². The molecule has 3 rings (SSSR count). The molecule has 0 aliphatic carbocycles. The number of pyridine rings is 1. The molecule has 0 saturated heterocycles. The molecular formula is C18H14N4O3. The van der Waals surface area contributed by atoms with Crippen LogP contribution in [0.1, 0.15) is 21.6 Å². The highest BCUT2D eigenvalue weighted by Gasteiger charge is 2.10. The van der Waals surface area contributed by atoms with Gasteiger partial charge in [0, 0.05) is 17.5 Å². The van der Waals surface area contributed by atoms with Gasteiger partial charge in [0.2, 0.25) is 0 Å². The lowest BCUT2D eigenvalue weighted by Gasteiger charge is -2.06. The van der Waals surface area contributed by atoms with Crippen LogP contribution in [-0.2, 0) is 0 Å². The molecule has 0 unspecified atom stereocenters. The molecule has 1 amide bonds. The van der Waals surface area contributed by atoms with Crippen molar-refractivity contribution in [1.82, 2.24) is 10.4 Å². The van der Waals surface area contributed by atoms with Gasteiger partial charge in [0.1, 0.15) is 0 Å². The number of nitrogens with one attached hydrogen (secondary N) is 1. The third kappa shape index (κ3) is 3.66. The molecular weight excluding hydrogens is 320 g/mol. The minimum Gasteiger partial charge on any atom is -0.267 e. The smallest absolute Gasteiger partial charge is 0.267 e. The molecule has 0 fully saturated rings. The van der Waals surface area contributed by atoms with Crippen LogP contribution in [0.15, 0.2) is 59.7 Å². The second-order valence-electron chi connectivity index (χ2n) is 5.36. The Bertz CT molecular complexity index is 981. The van der Waals surface area contributed by atoms with Crippen molar-refractivity contribution in [3.63, 3.8) is 0 Å². The molecule has 7 nitrogen and oxygen atoms in total. The Morgan fingerprint density at radius 2 is 1.92 bits per heavy atom. The number of nitro groups is 1. The van der Waals surface area contributed by atoms with Gasteiger partial charge < -0.3 is 0 Å². The molecule has 0 spiro atoms. The van der Waals surface area contributed by atoms with Gasteiger partial charge in [-0.3, -0.25) is 19.9 Å². The largest absolute Gasteiger partial charge is 0.273 e. The van der Waals surface area contributed by atoms with Crippen LogP contribution >= 0.6 is 0 Å². The quantitative estimate of drug-likeness (QED) is 0.450. The van der Waals surface area contributed by atoms with Crippen molar-refractivity contribution in [2.75, 3.05) is 0 Å². The van der Waals surface area contributed by atoms with Crippen LogP contribution in [-0.4, -0.2) is 22.0 Å².